The van der Waals surface area contributed by atoms with Crippen molar-refractivity contribution in [2.45, 2.75) is 33.1 Å². The number of hydrogen-bond donors (Lipinski definition) is 1. The van der Waals surface area contributed by atoms with E-state index in [9.17, 15) is 4.79 Å². The Morgan fingerprint density at radius 1 is 1.18 bits per heavy atom. The molecule has 4 aromatic rings. The van der Waals surface area contributed by atoms with Crippen LogP contribution < -0.4 is 10.1 Å². The molecule has 2 bridgehead atoms. The van der Waals surface area contributed by atoms with E-state index in [4.69, 9.17) is 4.74 Å². The number of nitrogens with one attached hydrogen (secondary N) is 1. The number of rotatable bonds is 7. The van der Waals surface area contributed by atoms with Crippen LogP contribution in [0.2, 0.25) is 0 Å². The van der Waals surface area contributed by atoms with Gasteiger partial charge in [0.05, 0.1) is 11.7 Å². The Balaban J connectivity index is 1.24. The van der Waals surface area contributed by atoms with Gasteiger partial charge in [-0.25, -0.2) is 14.5 Å². The van der Waals surface area contributed by atoms with Crippen molar-refractivity contribution in [1.82, 2.24) is 29.4 Å². The SMILES string of the molecule is Cc1cc(Nc2cc3cc(-c4c(OCC(=O)C56CC(C5)C6)cnn4C)ccn3n2)nc(C)n1. The highest BCUT2D eigenvalue weighted by atomic mass is 16.5. The van der Waals surface area contributed by atoms with Crippen LogP contribution >= 0.6 is 0 Å². The molecule has 33 heavy (non-hydrogen) atoms. The normalized spacial score (nSPS) is 20.9. The third-order valence-corrected chi connectivity index (χ3v) is 6.85. The Morgan fingerprint density at radius 3 is 2.73 bits per heavy atom. The van der Waals surface area contributed by atoms with Crippen LogP contribution in [0.1, 0.15) is 30.8 Å². The summed E-state index contributed by atoms with van der Waals surface area (Å²) in [6.45, 7) is 3.90. The number of ketones is 1. The molecule has 0 spiro atoms. The molecule has 4 heterocycles. The standard InChI is InChI=1S/C24H25N7O2/c1-14-6-21(27-15(2)26-14)28-22-8-18-7-17(4-5-31(18)29-22)23-19(12-25-30(23)3)33-13-20(32)24-9-16(10-24)11-24/h4-8,12,16H,9-11,13H2,1-3H3,(H,26,27,28,29). The number of carbonyl (C=O) groups excluding carboxylic acids is 1. The molecule has 3 fully saturated rings. The minimum Gasteiger partial charge on any atom is -0.482 e. The van der Waals surface area contributed by atoms with Gasteiger partial charge in [-0.05, 0) is 51.2 Å². The Bertz CT molecular complexity index is 1370. The average molecular weight is 444 g/mol. The monoisotopic (exact) mass is 443 g/mol. The first kappa shape index (κ1) is 19.9. The summed E-state index contributed by atoms with van der Waals surface area (Å²) >= 11 is 0. The summed E-state index contributed by atoms with van der Waals surface area (Å²) in [6, 6.07) is 7.84. The molecule has 0 atom stereocenters. The van der Waals surface area contributed by atoms with E-state index in [0.29, 0.717) is 23.2 Å². The zero-order valence-electron chi connectivity index (χ0n) is 18.9. The van der Waals surface area contributed by atoms with Gasteiger partial charge in [-0.1, -0.05) is 0 Å². The Labute approximate surface area is 190 Å². The van der Waals surface area contributed by atoms with Gasteiger partial charge in [0.1, 0.15) is 23.9 Å². The Morgan fingerprint density at radius 2 is 2.00 bits per heavy atom. The van der Waals surface area contributed by atoms with E-state index >= 15 is 0 Å². The molecule has 0 aliphatic heterocycles. The van der Waals surface area contributed by atoms with E-state index in [1.54, 1.807) is 15.4 Å². The molecule has 4 aromatic heterocycles. The lowest BCUT2D eigenvalue weighted by Gasteiger charge is -2.60. The van der Waals surface area contributed by atoms with Gasteiger partial charge in [-0.3, -0.25) is 9.48 Å². The molecule has 9 nitrogen and oxygen atoms in total. The average Bonchev–Trinajstić information content (AvgIpc) is 3.24. The zero-order chi connectivity index (χ0) is 22.7. The molecule has 0 unspecified atom stereocenters. The Hall–Kier alpha value is -3.75. The van der Waals surface area contributed by atoms with Crippen LogP contribution in [0.15, 0.2) is 36.7 Å². The van der Waals surface area contributed by atoms with Crippen molar-refractivity contribution in [2.24, 2.45) is 18.4 Å². The molecule has 3 aliphatic rings. The van der Waals surface area contributed by atoms with Gasteiger partial charge in [-0.15, -0.1) is 0 Å². The quantitative estimate of drug-likeness (QED) is 0.466. The smallest absolute Gasteiger partial charge is 0.176 e. The number of fused-ring (bicyclic) bond motifs is 1. The number of nitrogens with zero attached hydrogens (tertiary/aromatic N) is 6. The van der Waals surface area contributed by atoms with Crippen LogP contribution in [-0.4, -0.2) is 41.8 Å². The highest BCUT2D eigenvalue weighted by molar-refractivity contribution is 5.89. The third-order valence-electron chi connectivity index (χ3n) is 6.85. The number of anilines is 2. The maximum atomic E-state index is 12.6. The lowest BCUT2D eigenvalue weighted by molar-refractivity contribution is -0.164. The number of ether oxygens (including phenoxy) is 1. The second-order valence-corrected chi connectivity index (χ2v) is 9.33. The predicted octanol–water partition coefficient (Wildman–Crippen LogP) is 3.63. The summed E-state index contributed by atoms with van der Waals surface area (Å²) in [5.74, 6) is 3.71. The van der Waals surface area contributed by atoms with Crippen LogP contribution in [0.4, 0.5) is 11.6 Å². The van der Waals surface area contributed by atoms with Gasteiger partial charge in [0.2, 0.25) is 0 Å². The number of hydrogen-bond acceptors (Lipinski definition) is 7. The van der Waals surface area contributed by atoms with E-state index in [2.05, 4.69) is 25.5 Å². The molecule has 3 aliphatic carbocycles. The number of Topliss-reactive ketones (excluding diaryl/α,β-unsaturated/α-hetero) is 1. The second kappa shape index (κ2) is 7.13. The summed E-state index contributed by atoms with van der Waals surface area (Å²) in [5.41, 5.74) is 3.49. The molecule has 0 amide bonds. The van der Waals surface area contributed by atoms with Crippen molar-refractivity contribution in [2.75, 3.05) is 11.9 Å². The Kier molecular flexibility index (Phi) is 4.30. The van der Waals surface area contributed by atoms with Crippen molar-refractivity contribution in [3.63, 3.8) is 0 Å². The zero-order valence-corrected chi connectivity index (χ0v) is 18.9. The van der Waals surface area contributed by atoms with E-state index in [-0.39, 0.29) is 17.8 Å². The summed E-state index contributed by atoms with van der Waals surface area (Å²) in [7, 11) is 1.87. The molecular weight excluding hydrogens is 418 g/mol. The minimum absolute atomic E-state index is 0.0896. The first-order chi connectivity index (χ1) is 15.9. The van der Waals surface area contributed by atoms with Crippen LogP contribution in [0.25, 0.3) is 16.8 Å². The topological polar surface area (TPSA) is 99.2 Å². The molecule has 0 aromatic carbocycles. The summed E-state index contributed by atoms with van der Waals surface area (Å²) in [6.07, 6.45) is 6.69. The van der Waals surface area contributed by atoms with E-state index in [1.165, 1.54) is 0 Å². The second-order valence-electron chi connectivity index (χ2n) is 9.33. The van der Waals surface area contributed by atoms with Crippen LogP contribution in [0.5, 0.6) is 5.75 Å². The number of pyridine rings is 1. The van der Waals surface area contributed by atoms with Gasteiger partial charge >= 0.3 is 0 Å². The molecule has 1 N–H and O–H groups in total. The highest BCUT2D eigenvalue weighted by Crippen LogP contribution is 2.64. The summed E-state index contributed by atoms with van der Waals surface area (Å²) < 4.78 is 9.53. The fourth-order valence-corrected chi connectivity index (χ4v) is 5.08. The maximum absolute atomic E-state index is 12.6. The summed E-state index contributed by atoms with van der Waals surface area (Å²) in [4.78, 5) is 21.3. The lowest BCUT2D eigenvalue weighted by Crippen LogP contribution is -2.58. The fraction of sp³-hybridized carbons (Fsp3) is 0.375. The minimum atomic E-state index is -0.0896. The molecule has 3 saturated carbocycles. The first-order valence-corrected chi connectivity index (χ1v) is 11.2. The van der Waals surface area contributed by atoms with Gasteiger partial charge in [0.25, 0.3) is 0 Å². The summed E-state index contributed by atoms with van der Waals surface area (Å²) in [5, 5.41) is 12.2. The molecule has 7 rings (SSSR count). The highest BCUT2D eigenvalue weighted by Gasteiger charge is 2.60. The maximum Gasteiger partial charge on any atom is 0.176 e. The van der Waals surface area contributed by atoms with Gasteiger partial charge < -0.3 is 10.1 Å². The van der Waals surface area contributed by atoms with Crippen LogP contribution in [0, 0.1) is 25.2 Å². The van der Waals surface area contributed by atoms with Crippen molar-refractivity contribution in [1.29, 1.82) is 0 Å². The molecule has 9 heteroatoms. The van der Waals surface area contributed by atoms with Crippen LogP contribution in [-0.2, 0) is 11.8 Å². The van der Waals surface area contributed by atoms with Gasteiger partial charge in [0, 0.05) is 42.0 Å². The van der Waals surface area contributed by atoms with E-state index in [0.717, 1.165) is 47.6 Å². The fourth-order valence-electron chi connectivity index (χ4n) is 5.08. The molecule has 0 saturated heterocycles. The van der Waals surface area contributed by atoms with Gasteiger partial charge in [0.15, 0.2) is 17.4 Å². The predicted molar refractivity (Wildman–Crippen MR) is 122 cm³/mol. The largest absolute Gasteiger partial charge is 0.482 e. The van der Waals surface area contributed by atoms with Crippen LogP contribution in [0.3, 0.4) is 0 Å². The first-order valence-electron chi connectivity index (χ1n) is 11.2. The third kappa shape index (κ3) is 3.35. The molecule has 168 valence electrons. The van der Waals surface area contributed by atoms with Crippen molar-refractivity contribution < 1.29 is 9.53 Å². The lowest BCUT2D eigenvalue weighted by atomic mass is 9.43. The van der Waals surface area contributed by atoms with Crippen molar-refractivity contribution in [3.8, 4) is 17.0 Å². The molecular formula is C24H25N7O2. The van der Waals surface area contributed by atoms with Crippen molar-refractivity contribution >= 4 is 22.9 Å². The van der Waals surface area contributed by atoms with E-state index < -0.39 is 0 Å². The van der Waals surface area contributed by atoms with Gasteiger partial charge in [-0.2, -0.15) is 10.2 Å². The number of aromatic nitrogens is 6. The van der Waals surface area contributed by atoms with Crippen molar-refractivity contribution in [3.05, 3.63) is 48.2 Å². The van der Waals surface area contributed by atoms with E-state index in [1.807, 2.05) is 51.4 Å². The number of aryl methyl sites for hydroxylation is 3. The number of carbonyl (C=O) groups is 1. The molecule has 0 radical (unpaired) electrons.